The van der Waals surface area contributed by atoms with E-state index in [-0.39, 0.29) is 12.0 Å². The Morgan fingerprint density at radius 1 is 1.31 bits per heavy atom. The van der Waals surface area contributed by atoms with Crippen molar-refractivity contribution in [1.29, 1.82) is 0 Å². The lowest BCUT2D eigenvalue weighted by atomic mass is 10.0. The number of carboxylic acid groups (broad SMARTS) is 1. The predicted molar refractivity (Wildman–Crippen MR) is 109 cm³/mol. The van der Waals surface area contributed by atoms with Gasteiger partial charge in [0.15, 0.2) is 6.10 Å². The SMILES string of the molecule is CSCC[C@H](NC(=O)[C@H](C)Oc1ccc2c3c(c(=O)oc2c1C)CCC3)C(=O)[O-]. The molecule has 0 unspecified atom stereocenters. The fraction of sp³-hybridized carbons (Fsp3) is 0.476. The quantitative estimate of drug-likeness (QED) is 0.645. The average molecular weight is 418 g/mol. The van der Waals surface area contributed by atoms with Crippen LogP contribution in [0.25, 0.3) is 11.0 Å². The van der Waals surface area contributed by atoms with Gasteiger partial charge >= 0.3 is 5.63 Å². The summed E-state index contributed by atoms with van der Waals surface area (Å²) < 4.78 is 11.3. The van der Waals surface area contributed by atoms with Gasteiger partial charge in [0, 0.05) is 16.5 Å². The lowest BCUT2D eigenvalue weighted by molar-refractivity contribution is -0.308. The van der Waals surface area contributed by atoms with E-state index in [1.165, 1.54) is 11.8 Å². The molecule has 1 aromatic carbocycles. The Hall–Kier alpha value is -2.48. The van der Waals surface area contributed by atoms with Crippen molar-refractivity contribution >= 4 is 34.6 Å². The van der Waals surface area contributed by atoms with E-state index in [2.05, 4.69) is 5.32 Å². The molecular weight excluding hydrogens is 394 g/mol. The van der Waals surface area contributed by atoms with E-state index in [4.69, 9.17) is 9.15 Å². The number of thioether (sulfide) groups is 1. The van der Waals surface area contributed by atoms with E-state index >= 15 is 0 Å². The van der Waals surface area contributed by atoms with E-state index < -0.39 is 24.0 Å². The second kappa shape index (κ2) is 8.90. The van der Waals surface area contributed by atoms with E-state index in [0.29, 0.717) is 22.6 Å². The molecule has 8 heteroatoms. The number of carbonyl (C=O) groups excluding carboxylic acids is 2. The number of fused-ring (bicyclic) bond motifs is 3. The van der Waals surface area contributed by atoms with Crippen LogP contribution in [0.5, 0.6) is 5.75 Å². The maximum absolute atomic E-state index is 12.4. The van der Waals surface area contributed by atoms with Crippen LogP contribution in [0.4, 0.5) is 0 Å². The van der Waals surface area contributed by atoms with Crippen molar-refractivity contribution in [2.75, 3.05) is 12.0 Å². The Labute approximate surface area is 172 Å². The molecular formula is C21H24NO6S-. The van der Waals surface area contributed by atoms with Crippen molar-refractivity contribution in [1.82, 2.24) is 5.32 Å². The largest absolute Gasteiger partial charge is 0.548 e. The predicted octanol–water partition coefficient (Wildman–Crippen LogP) is 1.35. The number of hydrogen-bond donors (Lipinski definition) is 1. The molecule has 1 aliphatic rings. The normalized spacial score (nSPS) is 15.0. The average Bonchev–Trinajstić information content (AvgIpc) is 3.18. The van der Waals surface area contributed by atoms with Crippen molar-refractivity contribution in [2.45, 2.75) is 51.7 Å². The molecule has 156 valence electrons. The number of carboxylic acids is 1. The number of aliphatic carboxylic acids is 1. The number of rotatable bonds is 8. The first-order valence-electron chi connectivity index (χ1n) is 9.58. The topological polar surface area (TPSA) is 109 Å². The van der Waals surface area contributed by atoms with Gasteiger partial charge in [-0.1, -0.05) is 0 Å². The van der Waals surface area contributed by atoms with Crippen molar-refractivity contribution in [2.24, 2.45) is 0 Å². The number of aryl methyl sites for hydroxylation is 2. The third-order valence-electron chi connectivity index (χ3n) is 5.22. The molecule has 1 heterocycles. The molecule has 1 aromatic heterocycles. The molecule has 2 aromatic rings. The lowest BCUT2D eigenvalue weighted by Crippen LogP contribution is -2.51. The van der Waals surface area contributed by atoms with Gasteiger partial charge in [0.2, 0.25) is 0 Å². The summed E-state index contributed by atoms with van der Waals surface area (Å²) in [4.78, 5) is 35.9. The van der Waals surface area contributed by atoms with Crippen molar-refractivity contribution in [3.8, 4) is 5.75 Å². The van der Waals surface area contributed by atoms with Crippen LogP contribution in [0.15, 0.2) is 21.3 Å². The molecule has 0 saturated carbocycles. The summed E-state index contributed by atoms with van der Waals surface area (Å²) in [7, 11) is 0. The van der Waals surface area contributed by atoms with Crippen LogP contribution in [-0.2, 0) is 22.4 Å². The van der Waals surface area contributed by atoms with Gasteiger partial charge in [-0.05, 0) is 69.2 Å². The highest BCUT2D eigenvalue weighted by molar-refractivity contribution is 7.98. The Kier molecular flexibility index (Phi) is 6.52. The molecule has 0 spiro atoms. The summed E-state index contributed by atoms with van der Waals surface area (Å²) in [6.07, 6.45) is 3.71. The van der Waals surface area contributed by atoms with Gasteiger partial charge in [0.1, 0.15) is 11.3 Å². The zero-order chi connectivity index (χ0) is 21.1. The Morgan fingerprint density at radius 2 is 2.03 bits per heavy atom. The first kappa shape index (κ1) is 21.2. The van der Waals surface area contributed by atoms with Crippen LogP contribution >= 0.6 is 11.8 Å². The van der Waals surface area contributed by atoms with E-state index in [1.807, 2.05) is 12.3 Å². The zero-order valence-electron chi connectivity index (χ0n) is 16.7. The fourth-order valence-electron chi connectivity index (χ4n) is 3.61. The van der Waals surface area contributed by atoms with Crippen molar-refractivity contribution in [3.05, 3.63) is 39.2 Å². The van der Waals surface area contributed by atoms with E-state index in [0.717, 1.165) is 35.8 Å². The maximum atomic E-state index is 12.4. The fourth-order valence-corrected chi connectivity index (χ4v) is 4.08. The van der Waals surface area contributed by atoms with Gasteiger partial charge in [-0.25, -0.2) is 4.79 Å². The van der Waals surface area contributed by atoms with Crippen molar-refractivity contribution < 1.29 is 23.8 Å². The highest BCUT2D eigenvalue weighted by Gasteiger charge is 2.24. The summed E-state index contributed by atoms with van der Waals surface area (Å²) >= 11 is 1.49. The summed E-state index contributed by atoms with van der Waals surface area (Å²) in [6.45, 7) is 3.31. The number of ether oxygens (including phenoxy) is 1. The summed E-state index contributed by atoms with van der Waals surface area (Å²) in [5.41, 5.74) is 2.56. The Bertz CT molecular complexity index is 999. The first-order chi connectivity index (χ1) is 13.8. The van der Waals surface area contributed by atoms with Crippen LogP contribution in [0.1, 0.15) is 36.5 Å². The van der Waals surface area contributed by atoms with Crippen LogP contribution < -0.4 is 20.8 Å². The number of carbonyl (C=O) groups is 2. The van der Waals surface area contributed by atoms with Gasteiger partial charge in [0.05, 0.1) is 12.0 Å². The first-order valence-corrected chi connectivity index (χ1v) is 11.0. The summed E-state index contributed by atoms with van der Waals surface area (Å²) in [5.74, 6) is -0.871. The van der Waals surface area contributed by atoms with E-state index in [1.54, 1.807) is 19.9 Å². The molecule has 0 radical (unpaired) electrons. The third kappa shape index (κ3) is 4.42. The monoisotopic (exact) mass is 418 g/mol. The number of nitrogens with one attached hydrogen (secondary N) is 1. The summed E-state index contributed by atoms with van der Waals surface area (Å²) in [6, 6.07) is 2.53. The number of hydrogen-bond acceptors (Lipinski definition) is 7. The van der Waals surface area contributed by atoms with Crippen molar-refractivity contribution in [3.63, 3.8) is 0 Å². The zero-order valence-corrected chi connectivity index (χ0v) is 17.5. The van der Waals surface area contributed by atoms with Gasteiger partial charge in [-0.3, -0.25) is 4.79 Å². The second-order valence-electron chi connectivity index (χ2n) is 7.19. The van der Waals surface area contributed by atoms with Gasteiger partial charge in [0.25, 0.3) is 5.91 Å². The van der Waals surface area contributed by atoms with Gasteiger partial charge in [-0.15, -0.1) is 0 Å². The third-order valence-corrected chi connectivity index (χ3v) is 5.87. The summed E-state index contributed by atoms with van der Waals surface area (Å²) in [5, 5.41) is 14.6. The molecule has 29 heavy (non-hydrogen) atoms. The maximum Gasteiger partial charge on any atom is 0.339 e. The molecule has 2 atom stereocenters. The number of benzene rings is 1. The number of amides is 1. The molecule has 7 nitrogen and oxygen atoms in total. The molecule has 3 rings (SSSR count). The van der Waals surface area contributed by atoms with Crippen LogP contribution in [0.2, 0.25) is 0 Å². The minimum atomic E-state index is -1.32. The molecule has 0 fully saturated rings. The highest BCUT2D eigenvalue weighted by atomic mass is 32.2. The smallest absolute Gasteiger partial charge is 0.339 e. The molecule has 1 aliphatic carbocycles. The molecule has 1 amide bonds. The lowest BCUT2D eigenvalue weighted by Gasteiger charge is -2.22. The Balaban J connectivity index is 1.80. The van der Waals surface area contributed by atoms with Gasteiger partial charge < -0.3 is 24.4 Å². The van der Waals surface area contributed by atoms with Crippen LogP contribution in [-0.4, -0.2) is 36.0 Å². The highest BCUT2D eigenvalue weighted by Crippen LogP contribution is 2.33. The molecule has 0 saturated heterocycles. The molecule has 0 bridgehead atoms. The van der Waals surface area contributed by atoms with Gasteiger partial charge in [-0.2, -0.15) is 11.8 Å². The second-order valence-corrected chi connectivity index (χ2v) is 8.17. The standard InChI is InChI=1S/C21H25NO6S/c1-11-17(27-12(2)19(23)22-16(20(24)25)9-10-29-3)8-7-14-13-5-4-6-15(13)21(26)28-18(11)14/h7-8,12,16H,4-6,9-10H2,1-3H3,(H,22,23)(H,24,25)/p-1/t12-,16-/m0/s1. The minimum absolute atomic E-state index is 0.271. The minimum Gasteiger partial charge on any atom is -0.548 e. The molecule has 1 N–H and O–H groups in total. The van der Waals surface area contributed by atoms with Crippen LogP contribution in [0.3, 0.4) is 0 Å². The Morgan fingerprint density at radius 3 is 2.72 bits per heavy atom. The molecule has 0 aliphatic heterocycles. The van der Waals surface area contributed by atoms with E-state index in [9.17, 15) is 19.5 Å². The van der Waals surface area contributed by atoms with Crippen LogP contribution in [0, 0.1) is 6.92 Å².